The molecule has 10 nitrogen and oxygen atoms in total. The molecule has 3 heterocycles. The standard InChI is InChI=1S/C25H32O10/c1-12-15(10-9-14-18(27)17(13(2)26)23(29)34-20(12)14)32-24-21(33-16-8-6-7-11-31-16)19(28)22(30-5)25(3,4)35-24/h9-10,16,19,21-22,24,27-28H,6-8,11H2,1-5H3/t16?,19-,21-,22-,24-/m1/s1. The fourth-order valence-corrected chi connectivity index (χ4v) is 4.76. The number of carbonyl (C=O) groups excluding carboxylic acids is 1. The molecule has 0 saturated carbocycles. The number of aliphatic hydroxyl groups excluding tert-OH is 1. The summed E-state index contributed by atoms with van der Waals surface area (Å²) in [5.41, 5.74) is -1.78. The molecule has 10 heteroatoms. The first-order valence-electron chi connectivity index (χ1n) is 11.7. The van der Waals surface area contributed by atoms with E-state index in [4.69, 9.17) is 28.1 Å². The Kier molecular flexibility index (Phi) is 7.21. The molecule has 1 aromatic heterocycles. The van der Waals surface area contributed by atoms with Gasteiger partial charge in [0.15, 0.2) is 18.2 Å². The van der Waals surface area contributed by atoms with Gasteiger partial charge in [-0.2, -0.15) is 0 Å². The third-order valence-electron chi connectivity index (χ3n) is 6.56. The molecular formula is C25H32O10. The Balaban J connectivity index is 1.70. The Labute approximate surface area is 202 Å². The lowest BCUT2D eigenvalue weighted by Gasteiger charge is -2.48. The molecule has 192 valence electrons. The molecule has 0 spiro atoms. The highest BCUT2D eigenvalue weighted by molar-refractivity contribution is 6.02. The lowest BCUT2D eigenvalue weighted by Crippen LogP contribution is -2.65. The smallest absolute Gasteiger partial charge is 0.351 e. The van der Waals surface area contributed by atoms with Gasteiger partial charge in [0, 0.05) is 19.3 Å². The van der Waals surface area contributed by atoms with Crippen molar-refractivity contribution in [2.75, 3.05) is 13.7 Å². The lowest BCUT2D eigenvalue weighted by atomic mass is 9.89. The van der Waals surface area contributed by atoms with E-state index in [2.05, 4.69) is 0 Å². The largest absolute Gasteiger partial charge is 0.506 e. The summed E-state index contributed by atoms with van der Waals surface area (Å²) in [6.07, 6.45) is -1.72. The van der Waals surface area contributed by atoms with Crippen molar-refractivity contribution in [3.63, 3.8) is 0 Å². The summed E-state index contributed by atoms with van der Waals surface area (Å²) in [6, 6.07) is 3.06. The molecule has 1 aromatic carbocycles. The minimum atomic E-state index is -1.08. The SMILES string of the molecule is CO[C@@H]1[C@H](O)[C@@H](OC2CCCCO2)[C@H](Oc2ccc3c(O)c(C(C)=O)c(=O)oc3c2C)OC1(C)C. The molecule has 4 rings (SSSR count). The monoisotopic (exact) mass is 492 g/mol. The van der Waals surface area contributed by atoms with E-state index in [-0.39, 0.29) is 16.7 Å². The van der Waals surface area contributed by atoms with Gasteiger partial charge < -0.3 is 38.3 Å². The van der Waals surface area contributed by atoms with Crippen LogP contribution in [-0.4, -0.2) is 66.2 Å². The van der Waals surface area contributed by atoms with Crippen LogP contribution in [-0.2, 0) is 18.9 Å². The van der Waals surface area contributed by atoms with Gasteiger partial charge in [-0.1, -0.05) is 0 Å². The summed E-state index contributed by atoms with van der Waals surface area (Å²) in [5, 5.41) is 21.8. The van der Waals surface area contributed by atoms with Gasteiger partial charge in [0.1, 0.15) is 34.9 Å². The minimum absolute atomic E-state index is 0.0773. The van der Waals surface area contributed by atoms with Gasteiger partial charge in [-0.15, -0.1) is 0 Å². The zero-order chi connectivity index (χ0) is 25.5. The van der Waals surface area contributed by atoms with Gasteiger partial charge in [0.25, 0.3) is 0 Å². The van der Waals surface area contributed by atoms with E-state index < -0.39 is 59.2 Å². The molecule has 2 aromatic rings. The van der Waals surface area contributed by atoms with Crippen molar-refractivity contribution in [1.82, 2.24) is 0 Å². The van der Waals surface area contributed by atoms with Crippen LogP contribution in [0, 0.1) is 6.92 Å². The van der Waals surface area contributed by atoms with Crippen LogP contribution in [0.1, 0.15) is 56.0 Å². The molecule has 0 aliphatic carbocycles. The fraction of sp³-hybridized carbons (Fsp3) is 0.600. The van der Waals surface area contributed by atoms with Crippen LogP contribution in [0.15, 0.2) is 21.3 Å². The van der Waals surface area contributed by atoms with Crippen molar-refractivity contribution >= 4 is 16.8 Å². The van der Waals surface area contributed by atoms with Crippen LogP contribution in [0.3, 0.4) is 0 Å². The number of aliphatic hydroxyl groups is 1. The third-order valence-corrected chi connectivity index (χ3v) is 6.56. The summed E-state index contributed by atoms with van der Waals surface area (Å²) in [4.78, 5) is 24.1. The van der Waals surface area contributed by atoms with Crippen molar-refractivity contribution < 1.29 is 43.1 Å². The number of carbonyl (C=O) groups is 1. The van der Waals surface area contributed by atoms with Crippen LogP contribution < -0.4 is 10.4 Å². The molecule has 2 saturated heterocycles. The molecule has 0 amide bonds. The average molecular weight is 493 g/mol. The summed E-state index contributed by atoms with van der Waals surface area (Å²) in [6.45, 7) is 6.95. The second kappa shape index (κ2) is 9.87. The van der Waals surface area contributed by atoms with Gasteiger partial charge in [-0.3, -0.25) is 4.79 Å². The van der Waals surface area contributed by atoms with Crippen LogP contribution >= 0.6 is 0 Å². The maximum atomic E-state index is 12.3. The first-order chi connectivity index (χ1) is 16.5. The second-order valence-electron chi connectivity index (χ2n) is 9.49. The molecule has 0 radical (unpaired) electrons. The number of Topliss-reactive ketones (excluding diaryl/α,β-unsaturated/α-hetero) is 1. The lowest BCUT2D eigenvalue weighted by molar-refractivity contribution is -0.339. The highest BCUT2D eigenvalue weighted by Gasteiger charge is 2.52. The zero-order valence-corrected chi connectivity index (χ0v) is 20.5. The van der Waals surface area contributed by atoms with Crippen molar-refractivity contribution in [2.24, 2.45) is 0 Å². The zero-order valence-electron chi connectivity index (χ0n) is 20.5. The highest BCUT2D eigenvalue weighted by Crippen LogP contribution is 2.38. The normalized spacial score (nSPS) is 28.7. The molecular weight excluding hydrogens is 460 g/mol. The van der Waals surface area contributed by atoms with Gasteiger partial charge >= 0.3 is 5.63 Å². The van der Waals surface area contributed by atoms with Crippen LogP contribution in [0.25, 0.3) is 11.0 Å². The van der Waals surface area contributed by atoms with E-state index >= 15 is 0 Å². The maximum Gasteiger partial charge on any atom is 0.351 e. The number of methoxy groups -OCH3 is 1. The van der Waals surface area contributed by atoms with Crippen LogP contribution in [0.4, 0.5) is 0 Å². The number of aryl methyl sites for hydroxylation is 1. The summed E-state index contributed by atoms with van der Waals surface area (Å²) < 4.78 is 35.1. The number of ether oxygens (including phenoxy) is 5. The first kappa shape index (κ1) is 25.6. The number of benzene rings is 1. The molecule has 2 aliphatic rings. The Morgan fingerprint density at radius 1 is 1.23 bits per heavy atom. The molecule has 35 heavy (non-hydrogen) atoms. The van der Waals surface area contributed by atoms with Gasteiger partial charge in [0.05, 0.1) is 11.0 Å². The second-order valence-corrected chi connectivity index (χ2v) is 9.49. The average Bonchev–Trinajstić information content (AvgIpc) is 2.79. The fourth-order valence-electron chi connectivity index (χ4n) is 4.76. The van der Waals surface area contributed by atoms with Crippen LogP contribution in [0.2, 0.25) is 0 Å². The highest BCUT2D eigenvalue weighted by atomic mass is 16.7. The Morgan fingerprint density at radius 3 is 2.60 bits per heavy atom. The molecule has 5 atom stereocenters. The summed E-state index contributed by atoms with van der Waals surface area (Å²) in [5.74, 6) is -0.749. The minimum Gasteiger partial charge on any atom is -0.506 e. The van der Waals surface area contributed by atoms with Gasteiger partial charge in [-0.25, -0.2) is 4.79 Å². The number of ketones is 1. The van der Waals surface area contributed by atoms with Gasteiger partial charge in [0.2, 0.25) is 6.29 Å². The number of hydrogen-bond donors (Lipinski definition) is 2. The number of rotatable bonds is 6. The quantitative estimate of drug-likeness (QED) is 0.458. The number of aromatic hydroxyl groups is 1. The molecule has 0 bridgehead atoms. The van der Waals surface area contributed by atoms with Crippen molar-refractivity contribution in [2.45, 2.75) is 83.5 Å². The summed E-state index contributed by atoms with van der Waals surface area (Å²) in [7, 11) is 1.49. The molecule has 1 unspecified atom stereocenters. The van der Waals surface area contributed by atoms with Crippen LogP contribution in [0.5, 0.6) is 11.5 Å². The number of hydrogen-bond acceptors (Lipinski definition) is 10. The molecule has 2 N–H and O–H groups in total. The topological polar surface area (TPSA) is 134 Å². The first-order valence-corrected chi connectivity index (χ1v) is 11.7. The Morgan fingerprint density at radius 2 is 1.97 bits per heavy atom. The van der Waals surface area contributed by atoms with Crippen molar-refractivity contribution in [3.8, 4) is 11.5 Å². The van der Waals surface area contributed by atoms with E-state index in [1.54, 1.807) is 26.8 Å². The third kappa shape index (κ3) is 4.81. The van der Waals surface area contributed by atoms with E-state index in [9.17, 15) is 19.8 Å². The molecule has 2 aliphatic heterocycles. The Hall–Kier alpha value is -2.50. The number of fused-ring (bicyclic) bond motifs is 1. The van der Waals surface area contributed by atoms with Gasteiger partial charge in [-0.05, 0) is 59.1 Å². The maximum absolute atomic E-state index is 12.3. The van der Waals surface area contributed by atoms with Crippen molar-refractivity contribution in [1.29, 1.82) is 0 Å². The predicted molar refractivity (Wildman–Crippen MR) is 124 cm³/mol. The van der Waals surface area contributed by atoms with Crippen molar-refractivity contribution in [3.05, 3.63) is 33.7 Å². The Bertz CT molecular complexity index is 1150. The van der Waals surface area contributed by atoms with E-state index in [0.29, 0.717) is 18.6 Å². The summed E-state index contributed by atoms with van der Waals surface area (Å²) >= 11 is 0. The predicted octanol–water partition coefficient (Wildman–Crippen LogP) is 2.81. The van der Waals surface area contributed by atoms with E-state index in [1.807, 2.05) is 0 Å². The van der Waals surface area contributed by atoms with E-state index in [0.717, 1.165) is 12.8 Å². The van der Waals surface area contributed by atoms with E-state index in [1.165, 1.54) is 20.1 Å². The molecule has 2 fully saturated rings.